The fourth-order valence-corrected chi connectivity index (χ4v) is 1.92. The van der Waals surface area contributed by atoms with Gasteiger partial charge in [-0.3, -0.25) is 9.59 Å². The third kappa shape index (κ3) is 4.70. The maximum atomic E-state index is 11.6. The number of Topliss-reactive ketones (excluding diaryl/α,β-unsaturated/α-hetero) is 1. The van der Waals surface area contributed by atoms with E-state index in [1.165, 1.54) is 0 Å². The van der Waals surface area contributed by atoms with Crippen molar-refractivity contribution in [2.45, 2.75) is 33.1 Å². The van der Waals surface area contributed by atoms with Crippen molar-refractivity contribution in [3.63, 3.8) is 0 Å². The van der Waals surface area contributed by atoms with E-state index in [0.29, 0.717) is 19.3 Å². The molecule has 0 aliphatic rings. The van der Waals surface area contributed by atoms with E-state index in [9.17, 15) is 9.59 Å². The number of benzene rings is 1. The van der Waals surface area contributed by atoms with Gasteiger partial charge in [0.15, 0.2) is 0 Å². The van der Waals surface area contributed by atoms with Crippen LogP contribution in [-0.4, -0.2) is 16.9 Å². The summed E-state index contributed by atoms with van der Waals surface area (Å²) in [6, 6.07) is 9.84. The molecule has 18 heavy (non-hydrogen) atoms. The summed E-state index contributed by atoms with van der Waals surface area (Å²) < 4.78 is 0. The van der Waals surface area contributed by atoms with Crippen molar-refractivity contribution in [2.24, 2.45) is 11.8 Å². The number of carboxylic acid groups (broad SMARTS) is 1. The zero-order valence-electron chi connectivity index (χ0n) is 10.9. The number of ketones is 1. The normalized spacial score (nSPS) is 13.9. The highest BCUT2D eigenvalue weighted by Crippen LogP contribution is 2.18. The van der Waals surface area contributed by atoms with Gasteiger partial charge >= 0.3 is 5.97 Å². The van der Waals surface area contributed by atoms with Crippen molar-refractivity contribution in [3.8, 4) is 0 Å². The average molecular weight is 248 g/mol. The SMILES string of the molecule is CC(=O)C(CCC(C)C(=O)O)Cc1ccccc1. The molecule has 0 saturated heterocycles. The van der Waals surface area contributed by atoms with Crippen LogP contribution in [0.1, 0.15) is 32.3 Å². The lowest BCUT2D eigenvalue weighted by atomic mass is 9.89. The van der Waals surface area contributed by atoms with Crippen molar-refractivity contribution in [1.82, 2.24) is 0 Å². The van der Waals surface area contributed by atoms with Crippen molar-refractivity contribution in [3.05, 3.63) is 35.9 Å². The highest BCUT2D eigenvalue weighted by molar-refractivity contribution is 5.78. The fraction of sp³-hybridized carbons (Fsp3) is 0.467. The molecule has 0 aliphatic carbocycles. The molecule has 0 aliphatic heterocycles. The molecule has 2 unspecified atom stereocenters. The van der Waals surface area contributed by atoms with Gasteiger partial charge < -0.3 is 5.11 Å². The van der Waals surface area contributed by atoms with E-state index >= 15 is 0 Å². The Kier molecular flexibility index (Phi) is 5.56. The molecule has 3 heteroatoms. The van der Waals surface area contributed by atoms with E-state index in [2.05, 4.69) is 0 Å². The molecular weight excluding hydrogens is 228 g/mol. The Balaban J connectivity index is 2.56. The number of carbonyl (C=O) groups is 2. The molecule has 0 aromatic heterocycles. The Morgan fingerprint density at radius 3 is 2.28 bits per heavy atom. The summed E-state index contributed by atoms with van der Waals surface area (Å²) in [6.45, 7) is 3.26. The van der Waals surface area contributed by atoms with Gasteiger partial charge in [-0.15, -0.1) is 0 Å². The summed E-state index contributed by atoms with van der Waals surface area (Å²) >= 11 is 0. The molecule has 0 bridgehead atoms. The molecule has 0 spiro atoms. The van der Waals surface area contributed by atoms with Crippen LogP contribution in [0.3, 0.4) is 0 Å². The molecule has 0 radical (unpaired) electrons. The molecule has 0 heterocycles. The quantitative estimate of drug-likeness (QED) is 0.807. The molecule has 1 N–H and O–H groups in total. The van der Waals surface area contributed by atoms with Crippen molar-refractivity contribution < 1.29 is 14.7 Å². The van der Waals surface area contributed by atoms with E-state index < -0.39 is 5.97 Å². The second kappa shape index (κ2) is 6.94. The van der Waals surface area contributed by atoms with E-state index in [0.717, 1.165) is 5.56 Å². The maximum Gasteiger partial charge on any atom is 0.306 e. The Hall–Kier alpha value is -1.64. The molecule has 1 rings (SSSR count). The number of rotatable bonds is 7. The molecule has 98 valence electrons. The first-order valence-electron chi connectivity index (χ1n) is 6.28. The molecule has 3 nitrogen and oxygen atoms in total. The van der Waals surface area contributed by atoms with Crippen LogP contribution in [0.2, 0.25) is 0 Å². The van der Waals surface area contributed by atoms with E-state index in [1.807, 2.05) is 30.3 Å². The third-order valence-electron chi connectivity index (χ3n) is 3.27. The standard InChI is InChI=1S/C15H20O3/c1-11(15(17)18)8-9-14(12(2)16)10-13-6-4-3-5-7-13/h3-7,11,14H,8-10H2,1-2H3,(H,17,18). The van der Waals surface area contributed by atoms with Crippen molar-refractivity contribution >= 4 is 11.8 Å². The van der Waals surface area contributed by atoms with Gasteiger partial charge in [-0.25, -0.2) is 0 Å². The topological polar surface area (TPSA) is 54.4 Å². The molecule has 0 saturated carbocycles. The summed E-state index contributed by atoms with van der Waals surface area (Å²) in [5, 5.41) is 8.84. The summed E-state index contributed by atoms with van der Waals surface area (Å²) in [6.07, 6.45) is 1.88. The van der Waals surface area contributed by atoms with E-state index in [4.69, 9.17) is 5.11 Å². The highest BCUT2D eigenvalue weighted by Gasteiger charge is 2.18. The van der Waals surface area contributed by atoms with Gasteiger partial charge in [0.2, 0.25) is 0 Å². The zero-order valence-corrected chi connectivity index (χ0v) is 10.9. The highest BCUT2D eigenvalue weighted by atomic mass is 16.4. The maximum absolute atomic E-state index is 11.6. The number of hydrogen-bond donors (Lipinski definition) is 1. The zero-order chi connectivity index (χ0) is 13.5. The number of hydrogen-bond acceptors (Lipinski definition) is 2. The second-order valence-corrected chi connectivity index (χ2v) is 4.81. The summed E-state index contributed by atoms with van der Waals surface area (Å²) in [5.74, 6) is -1.12. The van der Waals surface area contributed by atoms with Crippen LogP contribution in [0.25, 0.3) is 0 Å². The Labute approximate surface area is 108 Å². The minimum Gasteiger partial charge on any atom is -0.481 e. The van der Waals surface area contributed by atoms with Crippen LogP contribution in [0.4, 0.5) is 0 Å². The second-order valence-electron chi connectivity index (χ2n) is 4.81. The Morgan fingerprint density at radius 2 is 1.78 bits per heavy atom. The van der Waals surface area contributed by atoms with Crippen LogP contribution in [0.15, 0.2) is 30.3 Å². The smallest absolute Gasteiger partial charge is 0.306 e. The predicted molar refractivity (Wildman–Crippen MR) is 70.4 cm³/mol. The summed E-state index contributed by atoms with van der Waals surface area (Å²) in [4.78, 5) is 22.3. The Morgan fingerprint density at radius 1 is 1.17 bits per heavy atom. The van der Waals surface area contributed by atoms with Gasteiger partial charge in [0, 0.05) is 5.92 Å². The molecule has 0 amide bonds. The van der Waals surface area contributed by atoms with Gasteiger partial charge in [-0.05, 0) is 31.7 Å². The monoisotopic (exact) mass is 248 g/mol. The summed E-state index contributed by atoms with van der Waals surface area (Å²) in [7, 11) is 0. The number of carboxylic acids is 1. The lowest BCUT2D eigenvalue weighted by Crippen LogP contribution is -2.17. The first-order valence-corrected chi connectivity index (χ1v) is 6.28. The lowest BCUT2D eigenvalue weighted by Gasteiger charge is -2.15. The van der Waals surface area contributed by atoms with E-state index in [-0.39, 0.29) is 17.6 Å². The van der Waals surface area contributed by atoms with Crippen LogP contribution in [0, 0.1) is 11.8 Å². The minimum absolute atomic E-state index is 0.0748. The summed E-state index contributed by atoms with van der Waals surface area (Å²) in [5.41, 5.74) is 1.13. The van der Waals surface area contributed by atoms with Gasteiger partial charge in [-0.2, -0.15) is 0 Å². The third-order valence-corrected chi connectivity index (χ3v) is 3.27. The molecule has 2 atom stereocenters. The minimum atomic E-state index is -0.794. The molecule has 1 aromatic carbocycles. The van der Waals surface area contributed by atoms with Crippen LogP contribution >= 0.6 is 0 Å². The Bertz CT molecular complexity index is 397. The van der Waals surface area contributed by atoms with Crippen molar-refractivity contribution in [2.75, 3.05) is 0 Å². The van der Waals surface area contributed by atoms with Crippen LogP contribution < -0.4 is 0 Å². The average Bonchev–Trinajstić information content (AvgIpc) is 2.34. The molecular formula is C15H20O3. The van der Waals surface area contributed by atoms with Crippen LogP contribution in [0.5, 0.6) is 0 Å². The first-order chi connectivity index (χ1) is 8.50. The first kappa shape index (κ1) is 14.4. The number of carbonyl (C=O) groups excluding carboxylic acids is 1. The van der Waals surface area contributed by atoms with Crippen LogP contribution in [-0.2, 0) is 16.0 Å². The van der Waals surface area contributed by atoms with Gasteiger partial charge in [0.05, 0.1) is 5.92 Å². The number of aliphatic carboxylic acids is 1. The predicted octanol–water partition coefficient (Wildman–Crippen LogP) is 2.94. The molecule has 1 aromatic rings. The van der Waals surface area contributed by atoms with Crippen molar-refractivity contribution in [1.29, 1.82) is 0 Å². The fourth-order valence-electron chi connectivity index (χ4n) is 1.92. The van der Waals surface area contributed by atoms with Gasteiger partial charge in [-0.1, -0.05) is 37.3 Å². The van der Waals surface area contributed by atoms with Gasteiger partial charge in [0.1, 0.15) is 5.78 Å². The largest absolute Gasteiger partial charge is 0.481 e. The molecule has 0 fully saturated rings. The van der Waals surface area contributed by atoms with Gasteiger partial charge in [0.25, 0.3) is 0 Å². The lowest BCUT2D eigenvalue weighted by molar-refractivity contribution is -0.141. The van der Waals surface area contributed by atoms with E-state index in [1.54, 1.807) is 13.8 Å².